The van der Waals surface area contributed by atoms with Crippen LogP contribution < -0.4 is 10.5 Å². The lowest BCUT2D eigenvalue weighted by Crippen LogP contribution is -2.08. The van der Waals surface area contributed by atoms with Crippen molar-refractivity contribution < 1.29 is 19.4 Å². The summed E-state index contributed by atoms with van der Waals surface area (Å²) in [6.45, 7) is 0. The van der Waals surface area contributed by atoms with Crippen molar-refractivity contribution in [2.45, 2.75) is 0 Å². The van der Waals surface area contributed by atoms with Crippen molar-refractivity contribution in [3.63, 3.8) is 0 Å². The molecule has 0 aliphatic heterocycles. The van der Waals surface area contributed by atoms with Crippen LogP contribution in [0.15, 0.2) is 42.7 Å². The Kier molecular flexibility index (Phi) is 3.48. The Morgan fingerprint density at radius 2 is 1.91 bits per heavy atom. The van der Waals surface area contributed by atoms with Gasteiger partial charge in [0.25, 0.3) is 5.91 Å². The number of fused-ring (bicyclic) bond motifs is 1. The first-order valence-corrected chi connectivity index (χ1v) is 7.05. The topological polar surface area (TPSA) is 103 Å². The summed E-state index contributed by atoms with van der Waals surface area (Å²) in [4.78, 5) is 26.6. The zero-order valence-electron chi connectivity index (χ0n) is 11.1. The molecule has 0 radical (unpaired) electrons. The van der Waals surface area contributed by atoms with E-state index in [1.54, 1.807) is 24.4 Å². The third-order valence-electron chi connectivity index (χ3n) is 2.98. The Bertz CT molecular complexity index is 871. The fraction of sp³-hybridized carbons (Fsp3) is 0. The number of hydrogen-bond acceptors (Lipinski definition) is 5. The van der Waals surface area contributed by atoms with Gasteiger partial charge in [-0.3, -0.25) is 9.78 Å². The molecule has 0 saturated carbocycles. The number of primary amides is 1. The normalized spacial score (nSPS) is 10.5. The number of carbonyl (C=O) groups excluding carboxylic acids is 1. The summed E-state index contributed by atoms with van der Waals surface area (Å²) in [5, 5.41) is 9.60. The van der Waals surface area contributed by atoms with Crippen molar-refractivity contribution in [3.8, 4) is 11.5 Å². The van der Waals surface area contributed by atoms with Gasteiger partial charge in [-0.1, -0.05) is 0 Å². The second-order valence-electron chi connectivity index (χ2n) is 4.46. The molecular formula is C15H10N2O4S. The highest BCUT2D eigenvalue weighted by Gasteiger charge is 2.12. The molecule has 1 aromatic carbocycles. The van der Waals surface area contributed by atoms with Crippen LogP contribution in [0.3, 0.4) is 0 Å². The zero-order valence-corrected chi connectivity index (χ0v) is 12.0. The van der Waals surface area contributed by atoms with Crippen LogP contribution in [0, 0.1) is 0 Å². The van der Waals surface area contributed by atoms with E-state index in [-0.39, 0.29) is 5.56 Å². The lowest BCUT2D eigenvalue weighted by Gasteiger charge is -2.06. The van der Waals surface area contributed by atoms with E-state index in [0.717, 1.165) is 10.1 Å². The van der Waals surface area contributed by atoms with Crippen molar-refractivity contribution >= 4 is 33.3 Å². The summed E-state index contributed by atoms with van der Waals surface area (Å²) in [7, 11) is 0. The van der Waals surface area contributed by atoms with Crippen LogP contribution in [0.2, 0.25) is 0 Å². The van der Waals surface area contributed by atoms with Gasteiger partial charge in [0, 0.05) is 11.6 Å². The zero-order chi connectivity index (χ0) is 15.7. The monoisotopic (exact) mass is 314 g/mol. The molecule has 2 aromatic heterocycles. The van der Waals surface area contributed by atoms with E-state index in [1.807, 2.05) is 0 Å². The quantitative estimate of drug-likeness (QED) is 0.770. The van der Waals surface area contributed by atoms with Crippen molar-refractivity contribution in [1.29, 1.82) is 0 Å². The van der Waals surface area contributed by atoms with Crippen molar-refractivity contribution in [1.82, 2.24) is 4.98 Å². The van der Waals surface area contributed by atoms with Gasteiger partial charge >= 0.3 is 5.97 Å². The Hall–Kier alpha value is -2.93. The first-order valence-electron chi connectivity index (χ1n) is 6.23. The Balaban J connectivity index is 1.96. The van der Waals surface area contributed by atoms with Gasteiger partial charge in [-0.05, 0) is 30.3 Å². The lowest BCUT2D eigenvalue weighted by molar-refractivity contribution is 0.0696. The van der Waals surface area contributed by atoms with Crippen molar-refractivity contribution in [2.24, 2.45) is 5.73 Å². The minimum Gasteiger partial charge on any atom is -0.478 e. The van der Waals surface area contributed by atoms with Crippen LogP contribution >= 0.6 is 11.3 Å². The summed E-state index contributed by atoms with van der Waals surface area (Å²) >= 11 is 1.24. The van der Waals surface area contributed by atoms with E-state index in [9.17, 15) is 9.59 Å². The number of thiophene rings is 1. The largest absolute Gasteiger partial charge is 0.478 e. The SMILES string of the molecule is NC(=O)c1cc2c(Oc3ccc(C(=O)O)cc3)cncc2s1. The molecule has 110 valence electrons. The highest BCUT2D eigenvalue weighted by Crippen LogP contribution is 2.34. The van der Waals surface area contributed by atoms with Gasteiger partial charge in [0.2, 0.25) is 0 Å². The minimum absolute atomic E-state index is 0.176. The molecule has 0 aliphatic rings. The van der Waals surface area contributed by atoms with Crippen LogP contribution in [0.4, 0.5) is 0 Å². The van der Waals surface area contributed by atoms with Crippen molar-refractivity contribution in [2.75, 3.05) is 0 Å². The van der Waals surface area contributed by atoms with Crippen molar-refractivity contribution in [3.05, 3.63) is 53.2 Å². The molecule has 0 aliphatic carbocycles. The number of aromatic nitrogens is 1. The lowest BCUT2D eigenvalue weighted by atomic mass is 10.2. The number of ether oxygens (including phenoxy) is 1. The average molecular weight is 314 g/mol. The molecule has 6 nitrogen and oxygen atoms in total. The molecule has 2 heterocycles. The molecule has 0 unspecified atom stereocenters. The van der Waals surface area contributed by atoms with Gasteiger partial charge in [0.05, 0.1) is 21.3 Å². The number of pyridine rings is 1. The fourth-order valence-electron chi connectivity index (χ4n) is 1.93. The summed E-state index contributed by atoms with van der Waals surface area (Å²) in [6, 6.07) is 7.68. The van der Waals surface area contributed by atoms with E-state index in [2.05, 4.69) is 4.98 Å². The molecule has 3 N–H and O–H groups in total. The van der Waals surface area contributed by atoms with Gasteiger partial charge < -0.3 is 15.6 Å². The maximum atomic E-state index is 11.3. The summed E-state index contributed by atoms with van der Waals surface area (Å²) in [5.41, 5.74) is 5.46. The molecule has 3 rings (SSSR count). The number of aromatic carboxylic acids is 1. The molecule has 0 fully saturated rings. The van der Waals surface area contributed by atoms with Gasteiger partial charge in [0.15, 0.2) is 5.75 Å². The van der Waals surface area contributed by atoms with Crippen LogP contribution in [0.5, 0.6) is 11.5 Å². The van der Waals surface area contributed by atoms with Gasteiger partial charge in [0.1, 0.15) is 5.75 Å². The fourth-order valence-corrected chi connectivity index (χ4v) is 2.83. The highest BCUT2D eigenvalue weighted by atomic mass is 32.1. The highest BCUT2D eigenvalue weighted by molar-refractivity contribution is 7.20. The predicted molar refractivity (Wildman–Crippen MR) is 81.6 cm³/mol. The predicted octanol–water partition coefficient (Wildman–Crippen LogP) is 2.89. The summed E-state index contributed by atoms with van der Waals surface area (Å²) in [5.74, 6) is -0.548. The number of amides is 1. The van der Waals surface area contributed by atoms with Crippen LogP contribution in [-0.2, 0) is 0 Å². The molecule has 1 amide bonds. The number of nitrogens with two attached hydrogens (primary N) is 1. The Morgan fingerprint density at radius 1 is 1.18 bits per heavy atom. The number of carboxylic acid groups (broad SMARTS) is 1. The van der Waals surface area contributed by atoms with Crippen LogP contribution in [0.25, 0.3) is 10.1 Å². The maximum Gasteiger partial charge on any atom is 0.335 e. The number of carboxylic acids is 1. The smallest absolute Gasteiger partial charge is 0.335 e. The number of benzene rings is 1. The maximum absolute atomic E-state index is 11.3. The molecule has 0 bridgehead atoms. The molecule has 7 heteroatoms. The summed E-state index contributed by atoms with van der Waals surface area (Å²) < 4.78 is 6.50. The third kappa shape index (κ3) is 2.61. The number of hydrogen-bond donors (Lipinski definition) is 2. The third-order valence-corrected chi connectivity index (χ3v) is 4.07. The van der Waals surface area contributed by atoms with Crippen LogP contribution in [-0.4, -0.2) is 22.0 Å². The molecular weight excluding hydrogens is 304 g/mol. The number of nitrogens with zero attached hydrogens (tertiary/aromatic N) is 1. The van der Waals surface area contributed by atoms with E-state index < -0.39 is 11.9 Å². The van der Waals surface area contributed by atoms with Gasteiger partial charge in [-0.2, -0.15) is 0 Å². The van der Waals surface area contributed by atoms with E-state index >= 15 is 0 Å². The van der Waals surface area contributed by atoms with Gasteiger partial charge in [-0.25, -0.2) is 4.79 Å². The first kappa shape index (κ1) is 14.0. The Morgan fingerprint density at radius 3 is 2.55 bits per heavy atom. The second-order valence-corrected chi connectivity index (χ2v) is 5.54. The first-order chi connectivity index (χ1) is 10.5. The molecule has 3 aromatic rings. The van der Waals surface area contributed by atoms with E-state index in [0.29, 0.717) is 16.4 Å². The molecule has 22 heavy (non-hydrogen) atoms. The minimum atomic E-state index is -1.00. The van der Waals surface area contributed by atoms with E-state index in [4.69, 9.17) is 15.6 Å². The molecule has 0 saturated heterocycles. The number of rotatable bonds is 4. The standard InChI is InChI=1S/C15H10N2O4S/c16-14(18)12-5-10-11(6-17-7-13(10)22-12)21-9-3-1-8(2-4-9)15(19)20/h1-7H,(H2,16,18)(H,19,20). The average Bonchev–Trinajstić information content (AvgIpc) is 2.93. The Labute approximate surface area is 128 Å². The molecule has 0 atom stereocenters. The second kappa shape index (κ2) is 5.45. The van der Waals surface area contributed by atoms with Gasteiger partial charge in [-0.15, -0.1) is 11.3 Å². The van der Waals surface area contributed by atoms with Crippen LogP contribution in [0.1, 0.15) is 20.0 Å². The number of carbonyl (C=O) groups is 2. The van der Waals surface area contributed by atoms with E-state index in [1.165, 1.54) is 29.7 Å². The molecule has 0 spiro atoms. The summed E-state index contributed by atoms with van der Waals surface area (Å²) in [6.07, 6.45) is 3.16.